The molecule has 0 amide bonds. The molecule has 1 unspecified atom stereocenters. The van der Waals surface area contributed by atoms with Crippen LogP contribution >= 0.6 is 0 Å². The normalized spacial score (nSPS) is 24.7. The zero-order valence-corrected chi connectivity index (χ0v) is 15.2. The molecule has 128 valence electrons. The Hall–Kier alpha value is -1.83. The average molecular weight is 324 g/mol. The Bertz CT molecular complexity index is 719. The van der Waals surface area contributed by atoms with Gasteiger partial charge in [0.25, 0.3) is 0 Å². The largest absolute Gasteiger partial charge is 0.478 e. The minimum absolute atomic E-state index is 0.201. The van der Waals surface area contributed by atoms with Gasteiger partial charge in [-0.1, -0.05) is 58.0 Å². The van der Waals surface area contributed by atoms with Crippen molar-refractivity contribution < 1.29 is 9.90 Å². The second-order valence-electron chi connectivity index (χ2n) is 8.57. The minimum atomic E-state index is -0.866. The molecule has 0 aromatic heterocycles. The second-order valence-corrected chi connectivity index (χ2v) is 8.57. The van der Waals surface area contributed by atoms with Crippen LogP contribution in [0.4, 0.5) is 0 Å². The molecule has 2 aliphatic rings. The van der Waals surface area contributed by atoms with Gasteiger partial charge in [0.2, 0.25) is 0 Å². The van der Waals surface area contributed by atoms with Gasteiger partial charge in [0, 0.05) is 12.0 Å². The van der Waals surface area contributed by atoms with Crippen LogP contribution in [0.5, 0.6) is 0 Å². The molecule has 1 N–H and O–H groups in total. The van der Waals surface area contributed by atoms with Gasteiger partial charge in [0.1, 0.15) is 0 Å². The van der Waals surface area contributed by atoms with Gasteiger partial charge < -0.3 is 5.11 Å². The van der Waals surface area contributed by atoms with Crippen molar-refractivity contribution in [3.8, 4) is 0 Å². The number of rotatable bonds is 3. The Labute approximate surface area is 145 Å². The first kappa shape index (κ1) is 17.0. The second kappa shape index (κ2) is 5.91. The summed E-state index contributed by atoms with van der Waals surface area (Å²) in [5, 5.41) is 8.91. The molecule has 0 fully saturated rings. The van der Waals surface area contributed by atoms with E-state index in [0.29, 0.717) is 0 Å². The van der Waals surface area contributed by atoms with Crippen LogP contribution in [0.1, 0.15) is 70.1 Å². The average Bonchev–Trinajstić information content (AvgIpc) is 2.98. The SMILES string of the molecule is CC1(C)CCC(C)(C)c2cc(C3=CCCC3/C=C/C(=O)O)ccc21. The maximum atomic E-state index is 10.8. The maximum absolute atomic E-state index is 10.8. The van der Waals surface area contributed by atoms with Gasteiger partial charge in [0.15, 0.2) is 0 Å². The number of hydrogen-bond acceptors (Lipinski definition) is 1. The van der Waals surface area contributed by atoms with E-state index in [9.17, 15) is 4.79 Å². The molecule has 0 radical (unpaired) electrons. The van der Waals surface area contributed by atoms with Gasteiger partial charge >= 0.3 is 5.97 Å². The summed E-state index contributed by atoms with van der Waals surface area (Å²) >= 11 is 0. The molecule has 0 spiro atoms. The smallest absolute Gasteiger partial charge is 0.327 e. The van der Waals surface area contributed by atoms with E-state index in [2.05, 4.69) is 52.0 Å². The summed E-state index contributed by atoms with van der Waals surface area (Å²) in [6.45, 7) is 9.37. The molecule has 0 bridgehead atoms. The number of carboxylic acid groups (broad SMARTS) is 1. The molecular weight excluding hydrogens is 296 g/mol. The fraction of sp³-hybridized carbons (Fsp3) is 0.500. The van der Waals surface area contributed by atoms with E-state index >= 15 is 0 Å². The third-order valence-corrected chi connectivity index (χ3v) is 5.90. The first-order valence-corrected chi connectivity index (χ1v) is 8.97. The van der Waals surface area contributed by atoms with Gasteiger partial charge in [-0.15, -0.1) is 0 Å². The highest BCUT2D eigenvalue weighted by Gasteiger charge is 2.37. The van der Waals surface area contributed by atoms with Crippen molar-refractivity contribution in [2.45, 2.75) is 64.2 Å². The molecule has 0 aliphatic heterocycles. The van der Waals surface area contributed by atoms with Crippen molar-refractivity contribution in [2.75, 3.05) is 0 Å². The highest BCUT2D eigenvalue weighted by molar-refractivity contribution is 5.81. The predicted octanol–water partition coefficient (Wildman–Crippen LogP) is 5.47. The number of carbonyl (C=O) groups is 1. The van der Waals surface area contributed by atoms with Gasteiger partial charge in [-0.3, -0.25) is 0 Å². The quantitative estimate of drug-likeness (QED) is 0.749. The van der Waals surface area contributed by atoms with Crippen molar-refractivity contribution in [1.29, 1.82) is 0 Å². The summed E-state index contributed by atoms with van der Waals surface area (Å²) in [7, 11) is 0. The fourth-order valence-corrected chi connectivity index (χ4v) is 4.22. The molecule has 1 atom stereocenters. The third kappa shape index (κ3) is 3.07. The summed E-state index contributed by atoms with van der Waals surface area (Å²) < 4.78 is 0. The van der Waals surface area contributed by atoms with Crippen LogP contribution in [-0.2, 0) is 15.6 Å². The monoisotopic (exact) mass is 324 g/mol. The molecule has 24 heavy (non-hydrogen) atoms. The molecule has 0 saturated heterocycles. The Kier molecular flexibility index (Phi) is 4.19. The van der Waals surface area contributed by atoms with Crippen molar-refractivity contribution in [3.05, 3.63) is 53.1 Å². The number of allylic oxidation sites excluding steroid dienone is 3. The van der Waals surface area contributed by atoms with Crippen molar-refractivity contribution in [2.24, 2.45) is 5.92 Å². The minimum Gasteiger partial charge on any atom is -0.478 e. The van der Waals surface area contributed by atoms with Crippen molar-refractivity contribution in [3.63, 3.8) is 0 Å². The van der Waals surface area contributed by atoms with Crippen molar-refractivity contribution >= 4 is 11.5 Å². The number of benzene rings is 1. The predicted molar refractivity (Wildman–Crippen MR) is 99.2 cm³/mol. The van der Waals surface area contributed by atoms with E-state index in [1.165, 1.54) is 41.2 Å². The lowest BCUT2D eigenvalue weighted by atomic mass is 9.63. The lowest BCUT2D eigenvalue weighted by Gasteiger charge is -2.42. The highest BCUT2D eigenvalue weighted by atomic mass is 16.4. The zero-order chi connectivity index (χ0) is 17.5. The summed E-state index contributed by atoms with van der Waals surface area (Å²) in [4.78, 5) is 10.8. The van der Waals surface area contributed by atoms with Gasteiger partial charge in [-0.05, 0) is 58.8 Å². The Morgan fingerprint density at radius 1 is 1.12 bits per heavy atom. The first-order valence-electron chi connectivity index (χ1n) is 8.97. The Morgan fingerprint density at radius 3 is 2.46 bits per heavy atom. The molecule has 3 rings (SSSR count). The Balaban J connectivity index is 2.01. The molecule has 1 aromatic carbocycles. The first-order chi connectivity index (χ1) is 11.2. The summed E-state index contributed by atoms with van der Waals surface area (Å²) in [5.41, 5.74) is 5.91. The van der Waals surface area contributed by atoms with Crippen LogP contribution in [0.3, 0.4) is 0 Å². The molecular formula is C22H28O2. The van der Waals surface area contributed by atoms with Crippen molar-refractivity contribution in [1.82, 2.24) is 0 Å². The number of aliphatic carboxylic acids is 1. The third-order valence-electron chi connectivity index (χ3n) is 5.90. The standard InChI is InChI=1S/C22H28O2/c1-21(2)12-13-22(3,4)19-14-16(8-10-18(19)21)17-7-5-6-15(17)9-11-20(23)24/h7-11,14-15H,5-6,12-13H2,1-4H3,(H,23,24)/b11-9+. The van der Waals surface area contributed by atoms with Gasteiger partial charge in [-0.25, -0.2) is 4.79 Å². The summed E-state index contributed by atoms with van der Waals surface area (Å²) in [6.07, 6.45) is 9.86. The van der Waals surface area contributed by atoms with E-state index < -0.39 is 5.97 Å². The van der Waals surface area contributed by atoms with E-state index in [1.807, 2.05) is 6.08 Å². The van der Waals surface area contributed by atoms with E-state index in [4.69, 9.17) is 5.11 Å². The molecule has 0 saturated carbocycles. The fourth-order valence-electron chi connectivity index (χ4n) is 4.22. The maximum Gasteiger partial charge on any atom is 0.327 e. The lowest BCUT2D eigenvalue weighted by Crippen LogP contribution is -2.33. The number of fused-ring (bicyclic) bond motifs is 1. The molecule has 2 aliphatic carbocycles. The highest BCUT2D eigenvalue weighted by Crippen LogP contribution is 2.47. The van der Waals surface area contributed by atoms with Gasteiger partial charge in [0.05, 0.1) is 0 Å². The molecule has 2 nitrogen and oxygen atoms in total. The van der Waals surface area contributed by atoms with Crippen LogP contribution < -0.4 is 0 Å². The van der Waals surface area contributed by atoms with E-state index in [0.717, 1.165) is 12.8 Å². The molecule has 2 heteroatoms. The van der Waals surface area contributed by atoms with Crippen LogP contribution in [0.25, 0.3) is 5.57 Å². The van der Waals surface area contributed by atoms with Crippen LogP contribution in [0.2, 0.25) is 0 Å². The van der Waals surface area contributed by atoms with Gasteiger partial charge in [-0.2, -0.15) is 0 Å². The van der Waals surface area contributed by atoms with Crippen LogP contribution in [-0.4, -0.2) is 11.1 Å². The summed E-state index contributed by atoms with van der Waals surface area (Å²) in [6, 6.07) is 6.92. The number of carboxylic acids is 1. The molecule has 1 aromatic rings. The zero-order valence-electron chi connectivity index (χ0n) is 15.2. The molecule has 0 heterocycles. The lowest BCUT2D eigenvalue weighted by molar-refractivity contribution is -0.131. The van der Waals surface area contributed by atoms with Crippen LogP contribution in [0, 0.1) is 5.92 Å². The number of hydrogen-bond donors (Lipinski definition) is 1. The summed E-state index contributed by atoms with van der Waals surface area (Å²) in [5.74, 6) is -0.645. The van der Waals surface area contributed by atoms with Crippen LogP contribution in [0.15, 0.2) is 36.4 Å². The van der Waals surface area contributed by atoms with E-state index in [1.54, 1.807) is 0 Å². The topological polar surface area (TPSA) is 37.3 Å². The van der Waals surface area contributed by atoms with E-state index in [-0.39, 0.29) is 16.7 Å². The Morgan fingerprint density at radius 2 is 1.79 bits per heavy atom.